The lowest BCUT2D eigenvalue weighted by Gasteiger charge is -2.04. The highest BCUT2D eigenvalue weighted by molar-refractivity contribution is 7.93. The first-order chi connectivity index (χ1) is 10.4. The lowest BCUT2D eigenvalue weighted by atomic mass is 10.2. The molecular weight excluding hydrogens is 329 g/mol. The second kappa shape index (κ2) is 6.72. The number of carbonyl (C=O) groups is 1. The van der Waals surface area contributed by atoms with Crippen molar-refractivity contribution >= 4 is 33.6 Å². The van der Waals surface area contributed by atoms with Gasteiger partial charge in [-0.2, -0.15) is 0 Å². The van der Waals surface area contributed by atoms with Gasteiger partial charge < -0.3 is 0 Å². The van der Waals surface area contributed by atoms with Gasteiger partial charge in [0.25, 0.3) is 15.9 Å². The van der Waals surface area contributed by atoms with Crippen LogP contribution in [0.3, 0.4) is 0 Å². The normalized spacial score (nSPS) is 11.5. The van der Waals surface area contributed by atoms with Crippen molar-refractivity contribution in [3.8, 4) is 0 Å². The number of hydrogen-bond donors (Lipinski definition) is 1. The van der Waals surface area contributed by atoms with Gasteiger partial charge in [0.05, 0.1) is 11.0 Å². The molecule has 114 valence electrons. The molecular formula is C15H11ClFNO3S. The summed E-state index contributed by atoms with van der Waals surface area (Å²) < 4.78 is 38.9. The number of nitrogens with one attached hydrogen (secondary N) is 1. The van der Waals surface area contributed by atoms with Crippen molar-refractivity contribution < 1.29 is 17.6 Å². The predicted molar refractivity (Wildman–Crippen MR) is 83.3 cm³/mol. The molecule has 0 aliphatic carbocycles. The molecule has 0 aliphatic heterocycles. The minimum Gasteiger partial charge on any atom is -0.268 e. The van der Waals surface area contributed by atoms with Crippen LogP contribution in [0.1, 0.15) is 15.9 Å². The summed E-state index contributed by atoms with van der Waals surface area (Å²) >= 11 is 5.57. The molecule has 7 heteroatoms. The Kier molecular flexibility index (Phi) is 4.95. The number of rotatable bonds is 4. The van der Waals surface area contributed by atoms with Crippen molar-refractivity contribution in [2.24, 2.45) is 0 Å². The highest BCUT2D eigenvalue weighted by Gasteiger charge is 2.17. The molecule has 0 radical (unpaired) electrons. The summed E-state index contributed by atoms with van der Waals surface area (Å²) in [4.78, 5) is 11.8. The molecule has 0 aliphatic rings. The maximum Gasteiger partial charge on any atom is 0.267 e. The van der Waals surface area contributed by atoms with E-state index < -0.39 is 27.3 Å². The molecule has 1 amide bonds. The first kappa shape index (κ1) is 16.2. The molecule has 0 bridgehead atoms. The number of carbonyl (C=O) groups excluding carboxylic acids is 1. The van der Waals surface area contributed by atoms with Crippen molar-refractivity contribution in [2.75, 3.05) is 0 Å². The molecule has 22 heavy (non-hydrogen) atoms. The average molecular weight is 340 g/mol. The van der Waals surface area contributed by atoms with Gasteiger partial charge in [-0.1, -0.05) is 41.9 Å². The molecule has 0 spiro atoms. The van der Waals surface area contributed by atoms with E-state index >= 15 is 0 Å². The third-order valence-electron chi connectivity index (χ3n) is 2.65. The first-order valence-corrected chi connectivity index (χ1v) is 8.05. The highest BCUT2D eigenvalue weighted by atomic mass is 35.5. The quantitative estimate of drug-likeness (QED) is 0.930. The Morgan fingerprint density at radius 2 is 1.82 bits per heavy atom. The van der Waals surface area contributed by atoms with E-state index in [-0.39, 0.29) is 5.02 Å². The van der Waals surface area contributed by atoms with Crippen LogP contribution >= 0.6 is 11.6 Å². The summed E-state index contributed by atoms with van der Waals surface area (Å²) in [5, 5.41) is 0.953. The SMILES string of the molecule is O=C(NS(=O)(=O)C=Cc1ccccc1)c1ccc(Cl)cc1F. The molecule has 0 atom stereocenters. The van der Waals surface area contributed by atoms with Crippen LogP contribution in [0.4, 0.5) is 4.39 Å². The fourth-order valence-corrected chi connectivity index (χ4v) is 2.56. The third kappa shape index (κ3) is 4.41. The van der Waals surface area contributed by atoms with Gasteiger partial charge in [0.1, 0.15) is 5.82 Å². The number of benzene rings is 2. The van der Waals surface area contributed by atoms with Gasteiger partial charge in [-0.25, -0.2) is 17.5 Å². The Labute approximate surface area is 132 Å². The van der Waals surface area contributed by atoms with Crippen molar-refractivity contribution in [3.63, 3.8) is 0 Å². The van der Waals surface area contributed by atoms with Gasteiger partial charge in [0.2, 0.25) is 0 Å². The second-order valence-electron chi connectivity index (χ2n) is 4.31. The minimum atomic E-state index is -4.03. The number of sulfonamides is 1. The lowest BCUT2D eigenvalue weighted by molar-refractivity contribution is 0.0978. The zero-order chi connectivity index (χ0) is 16.2. The van der Waals surface area contributed by atoms with Crippen molar-refractivity contribution in [3.05, 3.63) is 75.9 Å². The van der Waals surface area contributed by atoms with Gasteiger partial charge in [-0.3, -0.25) is 4.79 Å². The van der Waals surface area contributed by atoms with E-state index in [9.17, 15) is 17.6 Å². The molecule has 2 aromatic carbocycles. The largest absolute Gasteiger partial charge is 0.268 e. The highest BCUT2D eigenvalue weighted by Crippen LogP contribution is 2.15. The predicted octanol–water partition coefficient (Wildman–Crippen LogP) is 3.21. The van der Waals surface area contributed by atoms with E-state index in [2.05, 4.69) is 0 Å². The fraction of sp³-hybridized carbons (Fsp3) is 0. The summed E-state index contributed by atoms with van der Waals surface area (Å²) in [6.45, 7) is 0. The summed E-state index contributed by atoms with van der Waals surface area (Å²) in [7, 11) is -4.03. The maximum atomic E-state index is 13.6. The van der Waals surface area contributed by atoms with Gasteiger partial charge in [-0.05, 0) is 29.8 Å². The van der Waals surface area contributed by atoms with E-state index in [1.165, 1.54) is 12.1 Å². The molecule has 2 aromatic rings. The Balaban J connectivity index is 2.14. The number of hydrogen-bond acceptors (Lipinski definition) is 3. The van der Waals surface area contributed by atoms with Crippen molar-refractivity contribution in [1.82, 2.24) is 4.72 Å². The fourth-order valence-electron chi connectivity index (χ4n) is 1.62. The lowest BCUT2D eigenvalue weighted by Crippen LogP contribution is -2.29. The molecule has 4 nitrogen and oxygen atoms in total. The Morgan fingerprint density at radius 1 is 1.14 bits per heavy atom. The van der Waals surface area contributed by atoms with Crippen molar-refractivity contribution in [2.45, 2.75) is 0 Å². The van der Waals surface area contributed by atoms with Crippen LogP contribution in [0.5, 0.6) is 0 Å². The van der Waals surface area contributed by atoms with Gasteiger partial charge in [0.15, 0.2) is 0 Å². The first-order valence-electron chi connectivity index (χ1n) is 6.13. The van der Waals surface area contributed by atoms with E-state index in [0.29, 0.717) is 5.56 Å². The summed E-state index contributed by atoms with van der Waals surface area (Å²) in [6, 6.07) is 12.0. The molecule has 2 rings (SSSR count). The average Bonchev–Trinajstić information content (AvgIpc) is 2.45. The molecule has 0 saturated heterocycles. The second-order valence-corrected chi connectivity index (χ2v) is 6.32. The zero-order valence-electron chi connectivity index (χ0n) is 11.2. The molecule has 0 saturated carbocycles. The third-order valence-corrected chi connectivity index (χ3v) is 3.85. The zero-order valence-corrected chi connectivity index (χ0v) is 12.7. The van der Waals surface area contributed by atoms with Gasteiger partial charge >= 0.3 is 0 Å². The van der Waals surface area contributed by atoms with Crippen LogP contribution in [0.15, 0.2) is 53.9 Å². The topological polar surface area (TPSA) is 63.2 Å². The minimum absolute atomic E-state index is 0.112. The maximum absolute atomic E-state index is 13.6. The van der Waals surface area contributed by atoms with Crippen LogP contribution in [-0.4, -0.2) is 14.3 Å². The van der Waals surface area contributed by atoms with Gasteiger partial charge in [0, 0.05) is 5.02 Å². The molecule has 1 N–H and O–H groups in total. The Morgan fingerprint density at radius 3 is 2.45 bits per heavy atom. The smallest absolute Gasteiger partial charge is 0.267 e. The summed E-state index contributed by atoms with van der Waals surface area (Å²) in [6.07, 6.45) is 1.33. The van der Waals surface area contributed by atoms with E-state index in [1.807, 2.05) is 0 Å². The number of amides is 1. The van der Waals surface area contributed by atoms with Crippen LogP contribution in [0.25, 0.3) is 6.08 Å². The monoisotopic (exact) mass is 339 g/mol. The van der Waals surface area contributed by atoms with Crippen LogP contribution < -0.4 is 4.72 Å². The van der Waals surface area contributed by atoms with Gasteiger partial charge in [-0.15, -0.1) is 0 Å². The summed E-state index contributed by atoms with van der Waals surface area (Å²) in [5.41, 5.74) is 0.249. The van der Waals surface area contributed by atoms with Crippen molar-refractivity contribution in [1.29, 1.82) is 0 Å². The summed E-state index contributed by atoms with van der Waals surface area (Å²) in [5.74, 6) is -1.96. The molecule has 0 aromatic heterocycles. The Bertz CT molecular complexity index is 820. The standard InChI is InChI=1S/C15H11ClFNO3S/c16-12-6-7-13(14(17)10-12)15(19)18-22(20,21)9-8-11-4-2-1-3-5-11/h1-10H,(H,18,19). The van der Waals surface area contributed by atoms with E-state index in [0.717, 1.165) is 17.5 Å². The van der Waals surface area contributed by atoms with Crippen LogP contribution in [-0.2, 0) is 10.0 Å². The molecule has 0 heterocycles. The van der Waals surface area contributed by atoms with E-state index in [1.54, 1.807) is 35.1 Å². The van der Waals surface area contributed by atoms with Crippen LogP contribution in [0, 0.1) is 5.82 Å². The molecule has 0 fully saturated rings. The molecule has 0 unspecified atom stereocenters. The van der Waals surface area contributed by atoms with Crippen LogP contribution in [0.2, 0.25) is 5.02 Å². The Hall–Kier alpha value is -2.18. The number of halogens is 2. The van der Waals surface area contributed by atoms with E-state index in [4.69, 9.17) is 11.6 Å².